The molecule has 1 aliphatic heterocycles. The van der Waals surface area contributed by atoms with Crippen LogP contribution in [0.4, 0.5) is 0 Å². The Bertz CT molecular complexity index is 777. The number of hydrogen-bond donors (Lipinski definition) is 1. The first kappa shape index (κ1) is 20.4. The number of piperidine rings is 1. The smallest absolute Gasteiger partial charge is 0.267 e. The van der Waals surface area contributed by atoms with E-state index >= 15 is 0 Å². The maximum Gasteiger partial charge on any atom is 0.267 e. The monoisotopic (exact) mass is 384 g/mol. The molecule has 0 spiro atoms. The third kappa shape index (κ3) is 4.63. The second-order valence-corrected chi connectivity index (χ2v) is 9.74. The van der Waals surface area contributed by atoms with Crippen LogP contribution >= 0.6 is 0 Å². The molecule has 146 valence electrons. The van der Waals surface area contributed by atoms with Crippen molar-refractivity contribution in [3.05, 3.63) is 12.4 Å². The highest BCUT2D eigenvalue weighted by Gasteiger charge is 2.34. The third-order valence-corrected chi connectivity index (χ3v) is 5.67. The van der Waals surface area contributed by atoms with Gasteiger partial charge in [0.15, 0.2) is 0 Å². The molecule has 1 N–H and O–H groups in total. The molecule has 2 heterocycles. The molecular formula is C17H28N4O4S. The predicted octanol–water partition coefficient (Wildman–Crippen LogP) is 1.55. The van der Waals surface area contributed by atoms with Gasteiger partial charge in [-0.2, -0.15) is 5.10 Å². The van der Waals surface area contributed by atoms with Crippen molar-refractivity contribution in [2.75, 3.05) is 13.1 Å². The van der Waals surface area contributed by atoms with Crippen LogP contribution in [0.5, 0.6) is 0 Å². The van der Waals surface area contributed by atoms with Crippen molar-refractivity contribution >= 4 is 21.8 Å². The number of amides is 2. The Balaban J connectivity index is 2.07. The minimum absolute atomic E-state index is 0.0185. The summed E-state index contributed by atoms with van der Waals surface area (Å²) in [6, 6.07) is 0.0185. The first-order chi connectivity index (χ1) is 11.9. The van der Waals surface area contributed by atoms with E-state index in [1.54, 1.807) is 4.90 Å². The average molecular weight is 385 g/mol. The van der Waals surface area contributed by atoms with E-state index in [-0.39, 0.29) is 23.4 Å². The van der Waals surface area contributed by atoms with Crippen molar-refractivity contribution < 1.29 is 18.0 Å². The molecule has 2 rings (SSSR count). The molecule has 1 aromatic rings. The lowest BCUT2D eigenvalue weighted by Gasteiger charge is -2.35. The minimum atomic E-state index is -3.97. The summed E-state index contributed by atoms with van der Waals surface area (Å²) in [5, 5.41) is 4.00. The number of likely N-dealkylation sites (tertiary alicyclic amines) is 1. The van der Waals surface area contributed by atoms with Gasteiger partial charge >= 0.3 is 0 Å². The van der Waals surface area contributed by atoms with Crippen molar-refractivity contribution in [3.8, 4) is 0 Å². The van der Waals surface area contributed by atoms with E-state index in [0.717, 1.165) is 0 Å². The molecule has 8 nitrogen and oxygen atoms in total. The average Bonchev–Trinajstić information content (AvgIpc) is 3.04. The number of hydrogen-bond acceptors (Lipinski definition) is 5. The number of carbonyl (C=O) groups is 2. The fraction of sp³-hybridized carbons (Fsp3) is 0.706. The van der Waals surface area contributed by atoms with E-state index in [0.29, 0.717) is 19.4 Å². The van der Waals surface area contributed by atoms with Crippen molar-refractivity contribution in [1.29, 1.82) is 0 Å². The Morgan fingerprint density at radius 3 is 2.50 bits per heavy atom. The van der Waals surface area contributed by atoms with Crippen LogP contribution in [0.25, 0.3) is 0 Å². The van der Waals surface area contributed by atoms with Gasteiger partial charge in [0.2, 0.25) is 11.8 Å². The molecule has 0 radical (unpaired) electrons. The van der Waals surface area contributed by atoms with E-state index in [1.807, 2.05) is 34.6 Å². The second kappa shape index (κ2) is 7.38. The zero-order valence-corrected chi connectivity index (χ0v) is 16.8. The van der Waals surface area contributed by atoms with Crippen molar-refractivity contribution in [3.63, 3.8) is 0 Å². The summed E-state index contributed by atoms with van der Waals surface area (Å²) in [5.74, 6) is -1.14. The van der Waals surface area contributed by atoms with Crippen LogP contribution in [-0.4, -0.2) is 48.0 Å². The maximum atomic E-state index is 12.5. The molecule has 1 atom stereocenters. The van der Waals surface area contributed by atoms with Crippen LogP contribution < -0.4 is 4.72 Å². The van der Waals surface area contributed by atoms with Gasteiger partial charge in [0, 0.05) is 30.7 Å². The van der Waals surface area contributed by atoms with Crippen LogP contribution in [0.2, 0.25) is 0 Å². The Morgan fingerprint density at radius 2 is 1.96 bits per heavy atom. The Morgan fingerprint density at radius 1 is 1.31 bits per heavy atom. The molecule has 0 bridgehead atoms. The summed E-state index contributed by atoms with van der Waals surface area (Å²) in [6.07, 6.45) is 3.86. The lowest BCUT2D eigenvalue weighted by molar-refractivity contribution is -0.142. The van der Waals surface area contributed by atoms with Crippen LogP contribution in [-0.2, 0) is 19.6 Å². The highest BCUT2D eigenvalue weighted by molar-refractivity contribution is 7.90. The lowest BCUT2D eigenvalue weighted by atomic mass is 9.91. The molecule has 1 saturated heterocycles. The molecular weight excluding hydrogens is 356 g/mol. The van der Waals surface area contributed by atoms with Gasteiger partial charge < -0.3 is 4.90 Å². The zero-order valence-electron chi connectivity index (χ0n) is 16.0. The van der Waals surface area contributed by atoms with Crippen molar-refractivity contribution in [1.82, 2.24) is 19.4 Å². The lowest BCUT2D eigenvalue weighted by Crippen LogP contribution is -2.49. The fourth-order valence-electron chi connectivity index (χ4n) is 2.87. The molecule has 9 heteroatoms. The van der Waals surface area contributed by atoms with Gasteiger partial charge in [-0.1, -0.05) is 20.8 Å². The van der Waals surface area contributed by atoms with Crippen LogP contribution in [0, 0.1) is 11.3 Å². The van der Waals surface area contributed by atoms with E-state index in [9.17, 15) is 18.0 Å². The third-order valence-electron chi connectivity index (χ3n) is 4.37. The molecule has 2 amide bonds. The fourth-order valence-corrected chi connectivity index (χ4v) is 3.85. The normalized spacial score (nSPS) is 18.8. The first-order valence-corrected chi connectivity index (χ1v) is 10.3. The molecule has 1 aliphatic rings. The van der Waals surface area contributed by atoms with Crippen LogP contribution in [0.3, 0.4) is 0 Å². The van der Waals surface area contributed by atoms with Crippen molar-refractivity contribution in [2.45, 2.75) is 58.4 Å². The number of sulfonamides is 1. The second-order valence-electron chi connectivity index (χ2n) is 8.06. The van der Waals surface area contributed by atoms with Gasteiger partial charge in [-0.25, -0.2) is 13.1 Å². The number of nitrogens with one attached hydrogen (secondary N) is 1. The molecule has 1 fully saturated rings. The molecule has 0 saturated carbocycles. The minimum Gasteiger partial charge on any atom is -0.341 e. The van der Waals surface area contributed by atoms with Gasteiger partial charge in [0.25, 0.3) is 10.0 Å². The molecule has 0 aliphatic carbocycles. The number of aromatic nitrogens is 2. The standard InChI is InChI=1S/C17H28N4O4S/c1-12(2)21-11-14(9-18-21)26(24,25)19-15(22)13-7-6-8-20(10-13)16(23)17(3,4)5/h9,11-13H,6-8,10H2,1-5H3,(H,19,22). The topological polar surface area (TPSA) is 101 Å². The first-order valence-electron chi connectivity index (χ1n) is 8.82. The Labute approximate surface area is 155 Å². The molecule has 26 heavy (non-hydrogen) atoms. The van der Waals surface area contributed by atoms with Gasteiger partial charge in [-0.15, -0.1) is 0 Å². The van der Waals surface area contributed by atoms with E-state index in [1.165, 1.54) is 17.1 Å². The largest absolute Gasteiger partial charge is 0.341 e. The molecule has 1 aromatic heterocycles. The SMILES string of the molecule is CC(C)n1cc(S(=O)(=O)NC(=O)C2CCCN(C(=O)C(C)(C)C)C2)cn1. The van der Waals surface area contributed by atoms with Crippen LogP contribution in [0.15, 0.2) is 17.3 Å². The summed E-state index contributed by atoms with van der Waals surface area (Å²) in [4.78, 5) is 26.5. The van der Waals surface area contributed by atoms with E-state index < -0.39 is 27.3 Å². The van der Waals surface area contributed by atoms with Gasteiger partial charge in [-0.3, -0.25) is 14.3 Å². The molecule has 0 aromatic carbocycles. The summed E-state index contributed by atoms with van der Waals surface area (Å²) >= 11 is 0. The maximum absolute atomic E-state index is 12.5. The summed E-state index contributed by atoms with van der Waals surface area (Å²) in [7, 11) is -3.97. The Kier molecular flexibility index (Phi) is 5.79. The summed E-state index contributed by atoms with van der Waals surface area (Å²) in [5.41, 5.74) is -0.532. The van der Waals surface area contributed by atoms with Crippen LogP contribution in [0.1, 0.15) is 53.5 Å². The predicted molar refractivity (Wildman–Crippen MR) is 96.7 cm³/mol. The highest BCUT2D eigenvalue weighted by Crippen LogP contribution is 2.24. The van der Waals surface area contributed by atoms with Gasteiger partial charge in [-0.05, 0) is 26.7 Å². The summed E-state index contributed by atoms with van der Waals surface area (Å²) < 4.78 is 28.5. The number of carbonyl (C=O) groups excluding carboxylic acids is 2. The van der Waals surface area contributed by atoms with Crippen molar-refractivity contribution in [2.24, 2.45) is 11.3 Å². The van der Waals surface area contributed by atoms with E-state index in [4.69, 9.17) is 0 Å². The zero-order chi connectivity index (χ0) is 19.7. The van der Waals surface area contributed by atoms with E-state index in [2.05, 4.69) is 9.82 Å². The van der Waals surface area contributed by atoms with Gasteiger partial charge in [0.05, 0.1) is 12.1 Å². The number of nitrogens with zero attached hydrogens (tertiary/aromatic N) is 3. The quantitative estimate of drug-likeness (QED) is 0.849. The highest BCUT2D eigenvalue weighted by atomic mass is 32.2. The molecule has 1 unspecified atom stereocenters. The van der Waals surface area contributed by atoms with Gasteiger partial charge in [0.1, 0.15) is 4.90 Å². The summed E-state index contributed by atoms with van der Waals surface area (Å²) in [6.45, 7) is 10.1. The number of rotatable bonds is 4. The Hall–Kier alpha value is -1.90.